The highest BCUT2D eigenvalue weighted by Crippen LogP contribution is 2.68. The number of ether oxygens (including phenoxy) is 1. The molecule has 3 aliphatic heterocycles. The average Bonchev–Trinajstić information content (AvgIpc) is 3.54. The third kappa shape index (κ3) is 5.17. The van der Waals surface area contributed by atoms with Crippen molar-refractivity contribution in [2.45, 2.75) is 98.7 Å². The van der Waals surface area contributed by atoms with Crippen LogP contribution in [-0.2, 0) is 14.4 Å². The number of amides is 3. The van der Waals surface area contributed by atoms with Crippen molar-refractivity contribution in [3.63, 3.8) is 0 Å². The number of fused-ring (bicyclic) bond motifs is 1. The third-order valence-corrected chi connectivity index (χ3v) is 12.7. The molecule has 0 aromatic heterocycles. The maximum atomic E-state index is 14.4. The lowest BCUT2D eigenvalue weighted by molar-refractivity contribution is -0.143. The van der Waals surface area contributed by atoms with Gasteiger partial charge in [-0.1, -0.05) is 55.5 Å². The number of rotatable bonds is 10. The van der Waals surface area contributed by atoms with Crippen LogP contribution in [0.3, 0.4) is 0 Å². The molecule has 2 bridgehead atoms. The van der Waals surface area contributed by atoms with Crippen LogP contribution in [0.15, 0.2) is 24.3 Å². The second-order valence-electron chi connectivity index (χ2n) is 11.8. The van der Waals surface area contributed by atoms with Crippen LogP contribution in [0, 0.1) is 17.8 Å². The van der Waals surface area contributed by atoms with Gasteiger partial charge in [-0.3, -0.25) is 14.4 Å². The molecule has 3 unspecified atom stereocenters. The van der Waals surface area contributed by atoms with Crippen molar-refractivity contribution < 1.29 is 24.2 Å². The number of nitrogens with one attached hydrogen (secondary N) is 2. The lowest BCUT2D eigenvalue weighted by Crippen LogP contribution is -2.59. The third-order valence-electron chi connectivity index (χ3n) is 9.51. The predicted molar refractivity (Wildman–Crippen MR) is 161 cm³/mol. The lowest BCUT2D eigenvalue weighted by Gasteiger charge is -2.40. The monoisotopic (exact) mass is 635 g/mol. The number of aliphatic hydroxyl groups is 1. The Balaban J connectivity index is 1.47. The minimum Gasteiger partial charge on any atom is -0.494 e. The molecule has 1 aliphatic carbocycles. The fourth-order valence-corrected chi connectivity index (χ4v) is 11.0. The molecular weight excluding hydrogens is 594 g/mol. The SMILES string of the molecule is CCOc1ccc(NC(=O)[C@H]2[C@H]3C(=O)N([C@@H](CO)[C@@H](C)CC)C(C(=O)NC4CCCCC4)C34CC(Br)[C@@H]2S4)cc1. The van der Waals surface area contributed by atoms with Crippen LogP contribution in [0.4, 0.5) is 5.69 Å². The van der Waals surface area contributed by atoms with Crippen LogP contribution in [-0.4, -0.2) is 73.9 Å². The number of benzene rings is 1. The molecule has 10 heteroatoms. The minimum absolute atomic E-state index is 0.00117. The van der Waals surface area contributed by atoms with Gasteiger partial charge < -0.3 is 25.4 Å². The smallest absolute Gasteiger partial charge is 0.244 e. The van der Waals surface area contributed by atoms with E-state index < -0.39 is 28.7 Å². The van der Waals surface area contributed by atoms with Crippen molar-refractivity contribution in [1.82, 2.24) is 10.2 Å². The van der Waals surface area contributed by atoms with Crippen molar-refractivity contribution in [1.29, 1.82) is 0 Å². The Morgan fingerprint density at radius 1 is 1.18 bits per heavy atom. The zero-order valence-corrected chi connectivity index (χ0v) is 26.0. The zero-order valence-electron chi connectivity index (χ0n) is 23.6. The second-order valence-corrected chi connectivity index (χ2v) is 14.6. The van der Waals surface area contributed by atoms with Gasteiger partial charge in [0.1, 0.15) is 11.8 Å². The number of carbonyl (C=O) groups is 3. The van der Waals surface area contributed by atoms with E-state index in [0.717, 1.165) is 37.9 Å². The van der Waals surface area contributed by atoms with Crippen LogP contribution >= 0.6 is 27.7 Å². The molecule has 1 aromatic rings. The van der Waals surface area contributed by atoms with E-state index in [4.69, 9.17) is 4.74 Å². The summed E-state index contributed by atoms with van der Waals surface area (Å²) in [7, 11) is 0. The first-order valence-electron chi connectivity index (χ1n) is 14.8. The van der Waals surface area contributed by atoms with E-state index in [1.807, 2.05) is 32.9 Å². The number of likely N-dealkylation sites (tertiary alicyclic amines) is 1. The van der Waals surface area contributed by atoms with Crippen molar-refractivity contribution >= 4 is 51.1 Å². The fraction of sp³-hybridized carbons (Fsp3) is 0.700. The molecule has 1 aromatic carbocycles. The van der Waals surface area contributed by atoms with Crippen LogP contribution in [0.5, 0.6) is 5.75 Å². The van der Waals surface area contributed by atoms with E-state index in [1.54, 1.807) is 28.8 Å². The number of hydrogen-bond acceptors (Lipinski definition) is 6. The Morgan fingerprint density at radius 2 is 1.88 bits per heavy atom. The summed E-state index contributed by atoms with van der Waals surface area (Å²) < 4.78 is 4.80. The first kappa shape index (κ1) is 29.7. The Labute approximate surface area is 249 Å². The first-order valence-corrected chi connectivity index (χ1v) is 16.6. The van der Waals surface area contributed by atoms with Crippen LogP contribution < -0.4 is 15.4 Å². The van der Waals surface area contributed by atoms with E-state index in [1.165, 1.54) is 6.42 Å². The van der Waals surface area contributed by atoms with E-state index in [2.05, 4.69) is 26.6 Å². The minimum atomic E-state index is -0.726. The van der Waals surface area contributed by atoms with Gasteiger partial charge in [-0.15, -0.1) is 11.8 Å². The van der Waals surface area contributed by atoms with Crippen LogP contribution in [0.2, 0.25) is 0 Å². The van der Waals surface area contributed by atoms with Gasteiger partial charge in [0.05, 0.1) is 35.8 Å². The van der Waals surface area contributed by atoms with Gasteiger partial charge in [0.15, 0.2) is 0 Å². The van der Waals surface area contributed by atoms with Crippen LogP contribution in [0.25, 0.3) is 0 Å². The number of carbonyl (C=O) groups excluding carboxylic acids is 3. The molecule has 220 valence electrons. The average molecular weight is 637 g/mol. The molecule has 3 amide bonds. The number of aliphatic hydroxyl groups excluding tert-OH is 1. The van der Waals surface area contributed by atoms with Gasteiger partial charge in [-0.2, -0.15) is 0 Å². The topological polar surface area (TPSA) is 108 Å². The molecule has 4 aliphatic rings. The summed E-state index contributed by atoms with van der Waals surface area (Å²) in [4.78, 5) is 44.1. The number of nitrogens with zero attached hydrogens (tertiary/aromatic N) is 1. The van der Waals surface area contributed by atoms with Crippen LogP contribution in [0.1, 0.15) is 65.7 Å². The molecule has 8 atom stereocenters. The highest BCUT2D eigenvalue weighted by molar-refractivity contribution is 9.09. The highest BCUT2D eigenvalue weighted by Gasteiger charge is 2.76. The molecular formula is C30H42BrN3O5S. The van der Waals surface area contributed by atoms with Gasteiger partial charge in [-0.25, -0.2) is 0 Å². The van der Waals surface area contributed by atoms with E-state index in [0.29, 0.717) is 18.7 Å². The normalized spacial score (nSPS) is 33.0. The van der Waals surface area contributed by atoms with Gasteiger partial charge in [-0.05, 0) is 56.4 Å². The van der Waals surface area contributed by atoms with Gasteiger partial charge >= 0.3 is 0 Å². The molecule has 8 nitrogen and oxygen atoms in total. The molecule has 1 spiro atoms. The molecule has 4 fully saturated rings. The summed E-state index contributed by atoms with van der Waals surface area (Å²) in [6, 6.07) is 6.13. The number of halogens is 1. The summed E-state index contributed by atoms with van der Waals surface area (Å²) in [6.07, 6.45) is 6.65. The summed E-state index contributed by atoms with van der Waals surface area (Å²) in [5, 5.41) is 16.7. The molecule has 3 heterocycles. The zero-order chi connectivity index (χ0) is 28.6. The summed E-state index contributed by atoms with van der Waals surface area (Å²) in [5.74, 6) is -0.999. The summed E-state index contributed by atoms with van der Waals surface area (Å²) >= 11 is 5.47. The highest BCUT2D eigenvalue weighted by atomic mass is 79.9. The quantitative estimate of drug-likeness (QED) is 0.330. The Bertz CT molecular complexity index is 1100. The molecule has 5 rings (SSSR count). The lowest BCUT2D eigenvalue weighted by atomic mass is 9.70. The number of anilines is 1. The maximum absolute atomic E-state index is 14.4. The van der Waals surface area contributed by atoms with E-state index in [9.17, 15) is 19.5 Å². The second kappa shape index (κ2) is 12.2. The number of hydrogen-bond donors (Lipinski definition) is 3. The van der Waals surface area contributed by atoms with E-state index in [-0.39, 0.29) is 46.4 Å². The Kier molecular flexibility index (Phi) is 9.07. The molecule has 3 saturated heterocycles. The standard InChI is InChI=1S/C30H42BrN3O5S/c1-4-17(3)22(16-35)34-26(28(37)33-18-9-7-6-8-10-18)30-15-21(31)25(40-30)23(24(30)29(34)38)27(36)32-19-11-13-20(14-12-19)39-5-2/h11-14,17-18,21-26,35H,4-10,15-16H2,1-3H3,(H,32,36)(H,33,37)/t17-,21?,22-,23-,24-,25-,26?,30?/m0/s1. The van der Waals surface area contributed by atoms with Gasteiger partial charge in [0.2, 0.25) is 17.7 Å². The molecule has 40 heavy (non-hydrogen) atoms. The predicted octanol–water partition coefficient (Wildman–Crippen LogP) is 4.34. The molecule has 0 radical (unpaired) electrons. The summed E-state index contributed by atoms with van der Waals surface area (Å²) in [6.45, 7) is 6.31. The molecule has 1 saturated carbocycles. The molecule has 3 N–H and O–H groups in total. The Hall–Kier alpha value is -1.78. The van der Waals surface area contributed by atoms with Crippen molar-refractivity contribution in [3.05, 3.63) is 24.3 Å². The number of alkyl halides is 1. The summed E-state index contributed by atoms with van der Waals surface area (Å²) in [5.41, 5.74) is 0.642. The Morgan fingerprint density at radius 3 is 2.50 bits per heavy atom. The first-order chi connectivity index (χ1) is 19.2. The van der Waals surface area contributed by atoms with Gasteiger partial charge in [0.25, 0.3) is 0 Å². The van der Waals surface area contributed by atoms with Crippen molar-refractivity contribution in [2.75, 3.05) is 18.5 Å². The van der Waals surface area contributed by atoms with Gasteiger partial charge in [0, 0.05) is 21.8 Å². The van der Waals surface area contributed by atoms with Crippen molar-refractivity contribution in [2.24, 2.45) is 17.8 Å². The maximum Gasteiger partial charge on any atom is 0.244 e. The fourth-order valence-electron chi connectivity index (χ4n) is 7.39. The number of thioether (sulfide) groups is 1. The van der Waals surface area contributed by atoms with E-state index >= 15 is 0 Å². The largest absolute Gasteiger partial charge is 0.494 e. The van der Waals surface area contributed by atoms with Crippen molar-refractivity contribution in [3.8, 4) is 5.75 Å².